The third kappa shape index (κ3) is 1.60. The molecule has 0 aromatic carbocycles. The van der Waals surface area contributed by atoms with E-state index < -0.39 is 0 Å². The molecule has 17 heavy (non-hydrogen) atoms. The highest BCUT2D eigenvalue weighted by molar-refractivity contribution is 7.80. The first-order valence-electron chi connectivity index (χ1n) is 4.79. The van der Waals surface area contributed by atoms with Crippen molar-refractivity contribution >= 4 is 38.8 Å². The third-order valence-electron chi connectivity index (χ3n) is 2.31. The van der Waals surface area contributed by atoms with Gasteiger partial charge in [0.15, 0.2) is 11.6 Å². The number of nitrogens with zero attached hydrogens (tertiary/aromatic N) is 4. The molecule has 0 fully saturated rings. The zero-order chi connectivity index (χ0) is 11.8. The largest absolute Gasteiger partial charge is 0.387 e. The van der Waals surface area contributed by atoms with Crippen LogP contribution in [0.15, 0.2) is 30.2 Å². The molecule has 0 aliphatic carbocycles. The lowest BCUT2D eigenvalue weighted by atomic mass is 10.4. The van der Waals surface area contributed by atoms with Gasteiger partial charge in [-0.15, -0.1) is 11.3 Å². The van der Waals surface area contributed by atoms with Crippen LogP contribution in [-0.2, 0) is 0 Å². The fourth-order valence-corrected chi connectivity index (χ4v) is 2.59. The zero-order valence-corrected chi connectivity index (χ0v) is 10.2. The second kappa shape index (κ2) is 3.86. The molecule has 0 radical (unpaired) electrons. The van der Waals surface area contributed by atoms with Crippen LogP contribution >= 0.6 is 23.6 Å². The van der Waals surface area contributed by atoms with E-state index in [9.17, 15) is 0 Å². The van der Waals surface area contributed by atoms with E-state index >= 15 is 0 Å². The van der Waals surface area contributed by atoms with Crippen LogP contribution in [0.3, 0.4) is 0 Å². The van der Waals surface area contributed by atoms with Crippen molar-refractivity contribution in [1.29, 1.82) is 0 Å². The lowest BCUT2D eigenvalue weighted by molar-refractivity contribution is 0.981. The van der Waals surface area contributed by atoms with Gasteiger partial charge in [0, 0.05) is 12.4 Å². The summed E-state index contributed by atoms with van der Waals surface area (Å²) >= 11 is 6.53. The van der Waals surface area contributed by atoms with Gasteiger partial charge >= 0.3 is 0 Å². The van der Waals surface area contributed by atoms with Gasteiger partial charge in [0.05, 0.1) is 10.2 Å². The molecule has 0 amide bonds. The van der Waals surface area contributed by atoms with E-state index in [0.29, 0.717) is 5.82 Å². The van der Waals surface area contributed by atoms with Crippen molar-refractivity contribution in [3.63, 3.8) is 0 Å². The predicted molar refractivity (Wildman–Crippen MR) is 70.4 cm³/mol. The summed E-state index contributed by atoms with van der Waals surface area (Å²) in [6, 6.07) is 1.95. The van der Waals surface area contributed by atoms with Crippen LogP contribution in [-0.4, -0.2) is 24.5 Å². The van der Waals surface area contributed by atoms with Crippen molar-refractivity contribution in [1.82, 2.24) is 19.5 Å². The second-order valence-corrected chi connectivity index (χ2v) is 4.67. The summed E-state index contributed by atoms with van der Waals surface area (Å²) in [6.45, 7) is 0. The first-order valence-corrected chi connectivity index (χ1v) is 6.08. The fourth-order valence-electron chi connectivity index (χ4n) is 1.60. The number of aromatic nitrogens is 4. The summed E-state index contributed by atoms with van der Waals surface area (Å²) in [6.07, 6.45) is 4.96. The molecule has 0 saturated heterocycles. The van der Waals surface area contributed by atoms with E-state index in [-0.39, 0.29) is 4.99 Å². The maximum Gasteiger partial charge on any atom is 0.173 e. The number of fused-ring (bicyclic) bond motifs is 1. The van der Waals surface area contributed by atoms with E-state index in [1.807, 2.05) is 11.4 Å². The average Bonchev–Trinajstić information content (AvgIpc) is 2.97. The smallest absolute Gasteiger partial charge is 0.173 e. The fraction of sp³-hybridized carbons (Fsp3) is 0. The van der Waals surface area contributed by atoms with Gasteiger partial charge in [0.1, 0.15) is 11.3 Å². The van der Waals surface area contributed by atoms with Gasteiger partial charge in [-0.2, -0.15) is 0 Å². The van der Waals surface area contributed by atoms with Crippen molar-refractivity contribution in [2.75, 3.05) is 0 Å². The lowest BCUT2D eigenvalue weighted by Gasteiger charge is -2.05. The lowest BCUT2D eigenvalue weighted by Crippen LogP contribution is -2.16. The van der Waals surface area contributed by atoms with Gasteiger partial charge in [-0.3, -0.25) is 4.57 Å². The monoisotopic (exact) mass is 261 g/mol. The summed E-state index contributed by atoms with van der Waals surface area (Å²) in [5.41, 5.74) is 6.53. The Bertz CT molecular complexity index is 699. The molecule has 3 rings (SSSR count). The number of rotatable bonds is 2. The number of thiophene rings is 1. The molecule has 7 heteroatoms. The van der Waals surface area contributed by atoms with E-state index in [2.05, 4.69) is 15.0 Å². The first-order chi connectivity index (χ1) is 8.27. The minimum Gasteiger partial charge on any atom is -0.387 e. The van der Waals surface area contributed by atoms with Crippen LogP contribution in [0, 0.1) is 0 Å². The van der Waals surface area contributed by atoms with Gasteiger partial charge in [-0.1, -0.05) is 12.2 Å². The summed E-state index contributed by atoms with van der Waals surface area (Å²) in [5.74, 6) is 1.29. The van der Waals surface area contributed by atoms with Crippen molar-refractivity contribution in [3.8, 4) is 5.82 Å². The molecule has 0 saturated carbocycles. The Balaban J connectivity index is 2.30. The molecule has 3 aromatic heterocycles. The van der Waals surface area contributed by atoms with Gasteiger partial charge < -0.3 is 5.73 Å². The Morgan fingerprint density at radius 2 is 2.24 bits per heavy atom. The molecule has 3 aromatic rings. The maximum absolute atomic E-state index is 5.62. The molecular formula is C10H7N5S2. The van der Waals surface area contributed by atoms with Crippen LogP contribution in [0.25, 0.3) is 16.0 Å². The van der Waals surface area contributed by atoms with Crippen molar-refractivity contribution < 1.29 is 0 Å². The van der Waals surface area contributed by atoms with Crippen molar-refractivity contribution in [2.24, 2.45) is 5.73 Å². The van der Waals surface area contributed by atoms with Crippen LogP contribution < -0.4 is 5.73 Å². The third-order valence-corrected chi connectivity index (χ3v) is 3.40. The van der Waals surface area contributed by atoms with Crippen LogP contribution in [0.2, 0.25) is 0 Å². The molecule has 5 nitrogen and oxygen atoms in total. The highest BCUT2D eigenvalue weighted by Crippen LogP contribution is 2.24. The number of imidazole rings is 1. The molecule has 3 heterocycles. The Hall–Kier alpha value is -1.86. The van der Waals surface area contributed by atoms with Crippen molar-refractivity contribution in [3.05, 3.63) is 36.0 Å². The summed E-state index contributed by atoms with van der Waals surface area (Å²) in [4.78, 5) is 12.8. The average molecular weight is 261 g/mol. The normalized spacial score (nSPS) is 10.8. The maximum atomic E-state index is 5.62. The first kappa shape index (κ1) is 10.3. The number of hydrogen-bond donors (Lipinski definition) is 1. The molecule has 0 aliphatic heterocycles. The van der Waals surface area contributed by atoms with Crippen molar-refractivity contribution in [2.45, 2.75) is 0 Å². The van der Waals surface area contributed by atoms with E-state index in [0.717, 1.165) is 16.0 Å². The highest BCUT2D eigenvalue weighted by atomic mass is 32.1. The highest BCUT2D eigenvalue weighted by Gasteiger charge is 2.12. The summed E-state index contributed by atoms with van der Waals surface area (Å²) in [5, 5.41) is 1.97. The zero-order valence-electron chi connectivity index (χ0n) is 8.57. The minimum absolute atomic E-state index is 0.248. The van der Waals surface area contributed by atoms with Gasteiger partial charge in [0.25, 0.3) is 0 Å². The molecule has 2 N–H and O–H groups in total. The number of hydrogen-bond acceptors (Lipinski definition) is 5. The Labute approximate surface area is 106 Å². The van der Waals surface area contributed by atoms with Gasteiger partial charge in [-0.05, 0) is 11.4 Å². The van der Waals surface area contributed by atoms with E-state index in [1.165, 1.54) is 6.33 Å². The van der Waals surface area contributed by atoms with Gasteiger partial charge in [-0.25, -0.2) is 15.0 Å². The van der Waals surface area contributed by atoms with Crippen LogP contribution in [0.5, 0.6) is 0 Å². The second-order valence-electron chi connectivity index (χ2n) is 3.32. The van der Waals surface area contributed by atoms with Gasteiger partial charge in [0.2, 0.25) is 0 Å². The Morgan fingerprint density at radius 3 is 3.06 bits per heavy atom. The quantitative estimate of drug-likeness (QED) is 0.708. The predicted octanol–water partition coefficient (Wildman–Crippen LogP) is 1.51. The van der Waals surface area contributed by atoms with Crippen LogP contribution in [0.1, 0.15) is 5.82 Å². The number of thiocarbonyl (C=S) groups is 1. The Morgan fingerprint density at radius 1 is 1.35 bits per heavy atom. The van der Waals surface area contributed by atoms with Crippen LogP contribution in [0.4, 0.5) is 0 Å². The van der Waals surface area contributed by atoms with E-state index in [1.54, 1.807) is 28.3 Å². The standard InChI is InChI=1S/C10H7N5S2/c11-8(16)10-12-2-3-15(10)9-7-6(1-4-17-7)13-5-14-9/h1-5H,(H2,11,16). The Kier molecular flexibility index (Phi) is 2.34. The molecule has 0 unspecified atom stereocenters. The molecule has 0 atom stereocenters. The molecular weight excluding hydrogens is 254 g/mol. The SMILES string of the molecule is NC(=S)c1nccn1-c1ncnc2ccsc12. The molecule has 0 spiro atoms. The summed E-state index contributed by atoms with van der Waals surface area (Å²) in [7, 11) is 0. The topological polar surface area (TPSA) is 69.6 Å². The summed E-state index contributed by atoms with van der Waals surface area (Å²) < 4.78 is 2.77. The molecule has 0 aliphatic rings. The molecule has 84 valence electrons. The van der Waals surface area contributed by atoms with E-state index in [4.69, 9.17) is 18.0 Å². The number of nitrogens with two attached hydrogens (primary N) is 1. The molecule has 0 bridgehead atoms. The minimum atomic E-state index is 0.248.